The summed E-state index contributed by atoms with van der Waals surface area (Å²) in [5.41, 5.74) is 0.619. The SMILES string of the molecule is C=Ic1cc2ccc(F)cc2o1. The monoisotopic (exact) mass is 276 g/mol. The molecule has 0 spiro atoms. The van der Waals surface area contributed by atoms with Gasteiger partial charge in [0.1, 0.15) is 11.4 Å². The molecule has 1 nitrogen and oxygen atoms in total. The van der Waals surface area contributed by atoms with Crippen LogP contribution in [0.15, 0.2) is 28.7 Å². The molecule has 2 aromatic rings. The summed E-state index contributed by atoms with van der Waals surface area (Å²) in [7, 11) is 0. The first-order valence-electron chi connectivity index (χ1n) is 3.37. The van der Waals surface area contributed by atoms with E-state index < -0.39 is 0 Å². The highest BCUT2D eigenvalue weighted by atomic mass is 127. The van der Waals surface area contributed by atoms with Crippen molar-refractivity contribution in [1.82, 2.24) is 0 Å². The van der Waals surface area contributed by atoms with E-state index in [9.17, 15) is 4.39 Å². The standard InChI is InChI=1S/C9H6FIO/c1-11-9-4-6-2-3-7(10)5-8(6)12-9/h2-5H,1H2. The summed E-state index contributed by atoms with van der Waals surface area (Å²) >= 11 is -0.288. The molecule has 0 amide bonds. The normalized spacial score (nSPS) is 10.8. The zero-order valence-electron chi connectivity index (χ0n) is 6.18. The number of rotatable bonds is 1. The Morgan fingerprint density at radius 3 is 2.92 bits per heavy atom. The summed E-state index contributed by atoms with van der Waals surface area (Å²) in [5.74, 6) is -0.259. The molecule has 1 heterocycles. The van der Waals surface area contributed by atoms with E-state index in [0.717, 1.165) is 9.15 Å². The van der Waals surface area contributed by atoms with Gasteiger partial charge in [0.15, 0.2) is 3.77 Å². The van der Waals surface area contributed by atoms with Crippen LogP contribution in [-0.2, 0) is 0 Å². The van der Waals surface area contributed by atoms with Gasteiger partial charge in [0.2, 0.25) is 0 Å². The topological polar surface area (TPSA) is 13.1 Å². The molecule has 1 aromatic heterocycles. The largest absolute Gasteiger partial charge is 0.451 e. The van der Waals surface area contributed by atoms with Gasteiger partial charge >= 0.3 is 0 Å². The molecule has 12 heavy (non-hydrogen) atoms. The van der Waals surface area contributed by atoms with E-state index in [1.165, 1.54) is 12.1 Å². The molecule has 0 aliphatic heterocycles. The van der Waals surface area contributed by atoms with E-state index in [2.05, 4.69) is 4.51 Å². The Morgan fingerprint density at radius 2 is 2.17 bits per heavy atom. The van der Waals surface area contributed by atoms with Crippen molar-refractivity contribution >= 4 is 36.2 Å². The number of hydrogen-bond acceptors (Lipinski definition) is 1. The summed E-state index contributed by atoms with van der Waals surface area (Å²) in [5, 5.41) is 0.953. The van der Waals surface area contributed by atoms with Gasteiger partial charge in [-0.05, 0) is 18.2 Å². The predicted octanol–water partition coefficient (Wildman–Crippen LogP) is 3.14. The average molecular weight is 276 g/mol. The second-order valence-electron chi connectivity index (χ2n) is 2.37. The number of fused-ring (bicyclic) bond motifs is 1. The predicted molar refractivity (Wildman–Crippen MR) is 56.0 cm³/mol. The van der Waals surface area contributed by atoms with Gasteiger partial charge in [0.05, 0.1) is 0 Å². The minimum atomic E-state index is -0.288. The molecule has 62 valence electrons. The maximum Gasteiger partial charge on any atom is 0.159 e. The van der Waals surface area contributed by atoms with Crippen molar-refractivity contribution in [2.24, 2.45) is 0 Å². The zero-order valence-corrected chi connectivity index (χ0v) is 8.34. The maximum absolute atomic E-state index is 12.7. The molecule has 0 unspecified atom stereocenters. The minimum Gasteiger partial charge on any atom is -0.451 e. The van der Waals surface area contributed by atoms with Crippen LogP contribution >= 0.6 is 20.7 Å². The second kappa shape index (κ2) is 2.97. The lowest BCUT2D eigenvalue weighted by molar-refractivity contribution is 0.575. The molecule has 0 aliphatic rings. The van der Waals surface area contributed by atoms with E-state index in [0.29, 0.717) is 5.58 Å². The van der Waals surface area contributed by atoms with E-state index in [1.807, 2.05) is 6.07 Å². The number of hydrogen-bond donors (Lipinski definition) is 0. The van der Waals surface area contributed by atoms with E-state index in [-0.39, 0.29) is 26.5 Å². The van der Waals surface area contributed by atoms with Crippen LogP contribution in [0.1, 0.15) is 0 Å². The fraction of sp³-hybridized carbons (Fsp3) is 0. The van der Waals surface area contributed by atoms with Crippen molar-refractivity contribution in [3.63, 3.8) is 0 Å². The van der Waals surface area contributed by atoms with Gasteiger partial charge in [-0.25, -0.2) is 4.39 Å². The quantitative estimate of drug-likeness (QED) is 0.729. The lowest BCUT2D eigenvalue weighted by Gasteiger charge is -1.86. The van der Waals surface area contributed by atoms with Crippen molar-refractivity contribution in [2.45, 2.75) is 0 Å². The lowest BCUT2D eigenvalue weighted by atomic mass is 10.2. The summed E-state index contributed by atoms with van der Waals surface area (Å²) in [6.45, 7) is 0. The van der Waals surface area contributed by atoms with E-state index in [4.69, 9.17) is 4.42 Å². The first kappa shape index (κ1) is 7.91. The molecule has 0 radical (unpaired) electrons. The van der Waals surface area contributed by atoms with Crippen molar-refractivity contribution in [1.29, 1.82) is 0 Å². The third kappa shape index (κ3) is 1.29. The first-order chi connectivity index (χ1) is 5.79. The Hall–Kier alpha value is -0.710. The van der Waals surface area contributed by atoms with Crippen molar-refractivity contribution < 1.29 is 8.81 Å². The van der Waals surface area contributed by atoms with Gasteiger partial charge in [-0.15, -0.1) is 0 Å². The van der Waals surface area contributed by atoms with Crippen LogP contribution in [-0.4, -0.2) is 4.51 Å². The lowest BCUT2D eigenvalue weighted by Crippen LogP contribution is -1.68. The smallest absolute Gasteiger partial charge is 0.159 e. The second-order valence-corrected chi connectivity index (χ2v) is 4.19. The van der Waals surface area contributed by atoms with Crippen LogP contribution in [0.3, 0.4) is 0 Å². The number of halogens is 2. The maximum atomic E-state index is 12.7. The fourth-order valence-corrected chi connectivity index (χ4v) is 1.99. The number of furan rings is 1. The van der Waals surface area contributed by atoms with Crippen LogP contribution < -0.4 is 0 Å². The Balaban J connectivity index is 2.75. The molecule has 0 aliphatic carbocycles. The van der Waals surface area contributed by atoms with Crippen LogP contribution in [0.25, 0.3) is 11.0 Å². The molecule has 0 N–H and O–H groups in total. The first-order valence-corrected chi connectivity index (χ1v) is 5.97. The highest BCUT2D eigenvalue weighted by Gasteiger charge is 2.01. The molecule has 0 bridgehead atoms. The molecule has 0 fully saturated rings. The minimum absolute atomic E-state index is 0.259. The third-order valence-electron chi connectivity index (χ3n) is 1.58. The average Bonchev–Trinajstić information content (AvgIpc) is 2.46. The molecule has 3 heteroatoms. The zero-order chi connectivity index (χ0) is 8.55. The van der Waals surface area contributed by atoms with Gasteiger partial charge < -0.3 is 4.42 Å². The van der Waals surface area contributed by atoms with Crippen molar-refractivity contribution in [3.8, 4) is 0 Å². The molecule has 0 atom stereocenters. The fourth-order valence-electron chi connectivity index (χ4n) is 1.04. The van der Waals surface area contributed by atoms with Crippen LogP contribution in [0, 0.1) is 9.58 Å². The Bertz CT molecular complexity index is 433. The summed E-state index contributed by atoms with van der Waals surface area (Å²) in [4.78, 5) is 0. The highest BCUT2D eigenvalue weighted by molar-refractivity contribution is 14.2. The summed E-state index contributed by atoms with van der Waals surface area (Å²) < 4.78 is 22.7. The Kier molecular flexibility index (Phi) is 1.96. The van der Waals surface area contributed by atoms with Gasteiger partial charge in [0, 0.05) is 11.5 Å². The highest BCUT2D eigenvalue weighted by Crippen LogP contribution is 2.22. The van der Waals surface area contributed by atoms with E-state index >= 15 is 0 Å². The van der Waals surface area contributed by atoms with Crippen molar-refractivity contribution in [3.05, 3.63) is 33.8 Å². The van der Waals surface area contributed by atoms with Gasteiger partial charge in [-0.2, -0.15) is 0 Å². The summed E-state index contributed by atoms with van der Waals surface area (Å²) in [6, 6.07) is 6.48. The van der Waals surface area contributed by atoms with Gasteiger partial charge in [-0.1, -0.05) is 25.2 Å². The molecular weight excluding hydrogens is 270 g/mol. The van der Waals surface area contributed by atoms with Crippen LogP contribution in [0.5, 0.6) is 0 Å². The number of benzene rings is 1. The van der Waals surface area contributed by atoms with Gasteiger partial charge in [0.25, 0.3) is 0 Å². The molecule has 2 rings (SSSR count). The van der Waals surface area contributed by atoms with Gasteiger partial charge in [-0.3, -0.25) is 0 Å². The Labute approximate surface area is 78.9 Å². The van der Waals surface area contributed by atoms with E-state index in [1.54, 1.807) is 6.07 Å². The van der Waals surface area contributed by atoms with Crippen LogP contribution in [0.4, 0.5) is 4.39 Å². The third-order valence-corrected chi connectivity index (χ3v) is 2.87. The molecule has 0 saturated carbocycles. The summed E-state index contributed by atoms with van der Waals surface area (Å²) in [6.07, 6.45) is 0. The molecule has 0 saturated heterocycles. The Morgan fingerprint density at radius 1 is 1.33 bits per heavy atom. The van der Waals surface area contributed by atoms with Crippen LogP contribution in [0.2, 0.25) is 0 Å². The molecule has 1 aromatic carbocycles. The molecular formula is C9H6FIO. The van der Waals surface area contributed by atoms with Crippen molar-refractivity contribution in [2.75, 3.05) is 0 Å².